The minimum atomic E-state index is -0.358. The Morgan fingerprint density at radius 1 is 1.21 bits per heavy atom. The molecule has 1 aliphatic carbocycles. The molecule has 0 atom stereocenters. The van der Waals surface area contributed by atoms with E-state index in [0.29, 0.717) is 48.8 Å². The van der Waals surface area contributed by atoms with E-state index in [4.69, 9.17) is 0 Å². The Labute approximate surface area is 161 Å². The third kappa shape index (κ3) is 3.40. The highest BCUT2D eigenvalue weighted by molar-refractivity contribution is 5.69. The van der Waals surface area contributed by atoms with E-state index in [1.165, 1.54) is 15.2 Å². The van der Waals surface area contributed by atoms with Gasteiger partial charge in [0.1, 0.15) is 5.82 Å². The Morgan fingerprint density at radius 3 is 2.68 bits per heavy atom. The summed E-state index contributed by atoms with van der Waals surface area (Å²) in [6.07, 6.45) is 4.40. The molecule has 0 spiro atoms. The lowest BCUT2D eigenvalue weighted by Crippen LogP contribution is -2.40. The Morgan fingerprint density at radius 2 is 1.96 bits per heavy atom. The van der Waals surface area contributed by atoms with Gasteiger partial charge in [-0.15, -0.1) is 0 Å². The molecule has 0 amide bonds. The zero-order chi connectivity index (χ0) is 19.8. The molecule has 0 unspecified atom stereocenters. The number of nitrogens with zero attached hydrogens (tertiary/aromatic N) is 5. The number of halogens is 1. The van der Waals surface area contributed by atoms with E-state index in [2.05, 4.69) is 9.88 Å². The van der Waals surface area contributed by atoms with Gasteiger partial charge in [-0.05, 0) is 25.3 Å². The number of hydrogen-bond donors (Lipinski definition) is 0. The number of aromatic nitrogens is 4. The minimum absolute atomic E-state index is 0.195. The van der Waals surface area contributed by atoms with Gasteiger partial charge in [0.15, 0.2) is 11.2 Å². The lowest BCUT2D eigenvalue weighted by atomic mass is 10.2. The molecular formula is C20H24FN5O2. The molecule has 1 fully saturated rings. The van der Waals surface area contributed by atoms with Crippen molar-refractivity contribution in [2.75, 3.05) is 6.54 Å². The smallest absolute Gasteiger partial charge is 0.328 e. The average Bonchev–Trinajstić information content (AvgIpc) is 3.45. The van der Waals surface area contributed by atoms with Crippen LogP contribution in [0.3, 0.4) is 0 Å². The van der Waals surface area contributed by atoms with Crippen LogP contribution in [0.25, 0.3) is 11.2 Å². The standard InChI is InChI=1S/C20H24FN5O2/c1-23-13-22-18-17(23)19(27)26(20(28)24(18)2)11-5-10-25(15-8-9-15)12-14-6-3-4-7-16(14)21/h3-4,6-7,13,15H,5,8-12H2,1-2H3. The lowest BCUT2D eigenvalue weighted by Gasteiger charge is -2.22. The fourth-order valence-corrected chi connectivity index (χ4v) is 3.70. The zero-order valence-corrected chi connectivity index (χ0v) is 16.1. The van der Waals surface area contributed by atoms with Gasteiger partial charge < -0.3 is 4.57 Å². The molecule has 3 aromatic rings. The monoisotopic (exact) mass is 385 g/mol. The third-order valence-electron chi connectivity index (χ3n) is 5.42. The molecule has 2 heterocycles. The van der Waals surface area contributed by atoms with Crippen molar-refractivity contribution in [1.29, 1.82) is 0 Å². The highest BCUT2D eigenvalue weighted by atomic mass is 19.1. The molecule has 1 aliphatic rings. The minimum Gasteiger partial charge on any atom is -0.328 e. The molecule has 0 saturated heterocycles. The number of aryl methyl sites for hydroxylation is 2. The van der Waals surface area contributed by atoms with E-state index in [9.17, 15) is 14.0 Å². The van der Waals surface area contributed by atoms with E-state index in [1.807, 2.05) is 6.07 Å². The molecular weight excluding hydrogens is 361 g/mol. The van der Waals surface area contributed by atoms with Crippen molar-refractivity contribution >= 4 is 11.2 Å². The molecule has 1 saturated carbocycles. The second-order valence-corrected chi connectivity index (χ2v) is 7.47. The van der Waals surface area contributed by atoms with Crippen LogP contribution in [-0.4, -0.2) is 36.2 Å². The summed E-state index contributed by atoms with van der Waals surface area (Å²) in [6, 6.07) is 7.28. The predicted octanol–water partition coefficient (Wildman–Crippen LogP) is 1.63. The summed E-state index contributed by atoms with van der Waals surface area (Å²) >= 11 is 0. The Bertz CT molecular complexity index is 1130. The summed E-state index contributed by atoms with van der Waals surface area (Å²) in [4.78, 5) is 31.7. The number of benzene rings is 1. The van der Waals surface area contributed by atoms with E-state index in [1.54, 1.807) is 37.1 Å². The summed E-state index contributed by atoms with van der Waals surface area (Å²) in [7, 11) is 3.37. The molecule has 0 aliphatic heterocycles. The number of hydrogen-bond acceptors (Lipinski definition) is 4. The van der Waals surface area contributed by atoms with E-state index in [0.717, 1.165) is 12.8 Å². The van der Waals surface area contributed by atoms with Crippen molar-refractivity contribution in [3.8, 4) is 0 Å². The van der Waals surface area contributed by atoms with E-state index < -0.39 is 0 Å². The zero-order valence-electron chi connectivity index (χ0n) is 16.1. The summed E-state index contributed by atoms with van der Waals surface area (Å²) in [5, 5.41) is 0. The highest BCUT2D eigenvalue weighted by Crippen LogP contribution is 2.28. The van der Waals surface area contributed by atoms with Gasteiger partial charge in [-0.1, -0.05) is 18.2 Å². The first-order valence-electron chi connectivity index (χ1n) is 9.55. The Kier molecular flexibility index (Phi) is 4.89. The van der Waals surface area contributed by atoms with Crippen LogP contribution in [0.2, 0.25) is 0 Å². The van der Waals surface area contributed by atoms with Crippen molar-refractivity contribution in [1.82, 2.24) is 23.6 Å². The Balaban J connectivity index is 1.51. The van der Waals surface area contributed by atoms with Crippen LogP contribution in [0, 0.1) is 5.82 Å². The van der Waals surface area contributed by atoms with E-state index >= 15 is 0 Å². The van der Waals surface area contributed by atoms with Crippen LogP contribution in [0.4, 0.5) is 4.39 Å². The van der Waals surface area contributed by atoms with Gasteiger partial charge in [-0.3, -0.25) is 18.8 Å². The summed E-state index contributed by atoms with van der Waals surface area (Å²) in [6.45, 7) is 1.58. The van der Waals surface area contributed by atoms with Gasteiger partial charge in [0.05, 0.1) is 6.33 Å². The van der Waals surface area contributed by atoms with Crippen molar-refractivity contribution in [3.63, 3.8) is 0 Å². The molecule has 0 N–H and O–H groups in total. The van der Waals surface area contributed by atoms with Gasteiger partial charge in [0, 0.05) is 45.3 Å². The van der Waals surface area contributed by atoms with Crippen LogP contribution in [0.15, 0.2) is 40.2 Å². The topological polar surface area (TPSA) is 65.1 Å². The normalized spacial score (nSPS) is 14.3. The number of fused-ring (bicyclic) bond motifs is 1. The van der Waals surface area contributed by atoms with Crippen LogP contribution in [0.5, 0.6) is 0 Å². The van der Waals surface area contributed by atoms with Crippen LogP contribution < -0.4 is 11.2 Å². The quantitative estimate of drug-likeness (QED) is 0.620. The molecule has 4 rings (SSSR count). The van der Waals surface area contributed by atoms with Crippen molar-refractivity contribution in [2.45, 2.75) is 38.4 Å². The molecule has 2 aromatic heterocycles. The maximum atomic E-state index is 14.0. The van der Waals surface area contributed by atoms with Crippen LogP contribution in [-0.2, 0) is 27.2 Å². The van der Waals surface area contributed by atoms with Gasteiger partial charge in [-0.25, -0.2) is 14.2 Å². The maximum Gasteiger partial charge on any atom is 0.332 e. The third-order valence-corrected chi connectivity index (χ3v) is 5.42. The van der Waals surface area contributed by atoms with Gasteiger partial charge in [0.25, 0.3) is 5.56 Å². The fraction of sp³-hybridized carbons (Fsp3) is 0.450. The maximum absolute atomic E-state index is 14.0. The van der Waals surface area contributed by atoms with Crippen molar-refractivity contribution in [2.24, 2.45) is 14.1 Å². The molecule has 0 bridgehead atoms. The first-order chi connectivity index (χ1) is 13.5. The number of rotatable bonds is 7. The second kappa shape index (κ2) is 7.35. The molecule has 148 valence electrons. The van der Waals surface area contributed by atoms with Gasteiger partial charge in [0.2, 0.25) is 0 Å². The fourth-order valence-electron chi connectivity index (χ4n) is 3.70. The second-order valence-electron chi connectivity index (χ2n) is 7.47. The van der Waals surface area contributed by atoms with Crippen molar-refractivity contribution in [3.05, 3.63) is 62.8 Å². The average molecular weight is 385 g/mol. The molecule has 0 radical (unpaired) electrons. The van der Waals surface area contributed by atoms with Gasteiger partial charge >= 0.3 is 5.69 Å². The molecule has 8 heteroatoms. The largest absolute Gasteiger partial charge is 0.332 e. The van der Waals surface area contributed by atoms with E-state index in [-0.39, 0.29) is 17.1 Å². The SMILES string of the molecule is Cn1cnc2c1c(=O)n(CCCN(Cc1ccccc1F)C1CC1)c(=O)n2C. The number of imidazole rings is 1. The summed E-state index contributed by atoms with van der Waals surface area (Å²) in [5.41, 5.74) is 0.827. The van der Waals surface area contributed by atoms with Crippen LogP contribution >= 0.6 is 0 Å². The summed E-state index contributed by atoms with van der Waals surface area (Å²) in [5.74, 6) is -0.195. The van der Waals surface area contributed by atoms with Gasteiger partial charge in [-0.2, -0.15) is 0 Å². The molecule has 28 heavy (non-hydrogen) atoms. The summed E-state index contributed by atoms with van der Waals surface area (Å²) < 4.78 is 18.3. The molecule has 7 nitrogen and oxygen atoms in total. The first kappa shape index (κ1) is 18.6. The highest BCUT2D eigenvalue weighted by Gasteiger charge is 2.29. The van der Waals surface area contributed by atoms with Crippen LogP contribution in [0.1, 0.15) is 24.8 Å². The molecule has 1 aromatic carbocycles. The predicted molar refractivity (Wildman–Crippen MR) is 105 cm³/mol. The lowest BCUT2D eigenvalue weighted by molar-refractivity contribution is 0.242. The Hall–Kier alpha value is -2.74. The van der Waals surface area contributed by atoms with Crippen molar-refractivity contribution < 1.29 is 4.39 Å². The first-order valence-corrected chi connectivity index (χ1v) is 9.55.